The molecule has 106 valence electrons. The van der Waals surface area contributed by atoms with Crippen molar-refractivity contribution in [1.82, 2.24) is 4.90 Å². The standard InChI is InChI=1S/C13H11Cl3N2O2/c14-7-4-9(16)11(5-8(7)15)18-6-12(19)17-3-1-2-10(17)13(18)20/h4-5,10H,1-3,6H2. The van der Waals surface area contributed by atoms with Crippen LogP contribution in [-0.4, -0.2) is 35.8 Å². The SMILES string of the molecule is O=C1C2CCCN2C(=O)CN1c1cc(Cl)c(Cl)cc1Cl. The number of amides is 2. The summed E-state index contributed by atoms with van der Waals surface area (Å²) in [5, 5.41) is 0.936. The summed E-state index contributed by atoms with van der Waals surface area (Å²) < 4.78 is 0. The third-order valence-corrected chi connectivity index (χ3v) is 4.72. The number of benzene rings is 1. The summed E-state index contributed by atoms with van der Waals surface area (Å²) >= 11 is 18.0. The average molecular weight is 334 g/mol. The fraction of sp³-hybridized carbons (Fsp3) is 0.385. The molecule has 2 aliphatic rings. The van der Waals surface area contributed by atoms with E-state index in [-0.39, 0.29) is 24.4 Å². The Morgan fingerprint density at radius 2 is 1.75 bits per heavy atom. The van der Waals surface area contributed by atoms with Crippen molar-refractivity contribution in [2.24, 2.45) is 0 Å². The predicted molar refractivity (Wildman–Crippen MR) is 78.6 cm³/mol. The maximum absolute atomic E-state index is 12.5. The zero-order valence-electron chi connectivity index (χ0n) is 10.4. The van der Waals surface area contributed by atoms with Crippen molar-refractivity contribution in [2.75, 3.05) is 18.0 Å². The first kappa shape index (κ1) is 14.0. The molecule has 0 spiro atoms. The molecule has 0 aliphatic carbocycles. The van der Waals surface area contributed by atoms with E-state index in [1.807, 2.05) is 0 Å². The summed E-state index contributed by atoms with van der Waals surface area (Å²) in [7, 11) is 0. The Labute approximate surface area is 131 Å². The number of halogens is 3. The smallest absolute Gasteiger partial charge is 0.250 e. The Kier molecular flexibility index (Phi) is 3.56. The van der Waals surface area contributed by atoms with Gasteiger partial charge in [0.2, 0.25) is 11.8 Å². The number of nitrogens with zero attached hydrogens (tertiary/aromatic N) is 2. The Morgan fingerprint density at radius 3 is 2.50 bits per heavy atom. The van der Waals surface area contributed by atoms with Gasteiger partial charge in [0.25, 0.3) is 0 Å². The fourth-order valence-corrected chi connectivity index (χ4v) is 3.37. The third-order valence-electron chi connectivity index (χ3n) is 3.70. The molecule has 1 unspecified atom stereocenters. The quantitative estimate of drug-likeness (QED) is 0.741. The first-order valence-corrected chi connectivity index (χ1v) is 7.38. The maximum Gasteiger partial charge on any atom is 0.250 e. The van der Waals surface area contributed by atoms with Gasteiger partial charge in [-0.2, -0.15) is 0 Å². The van der Waals surface area contributed by atoms with Crippen LogP contribution in [0.15, 0.2) is 12.1 Å². The van der Waals surface area contributed by atoms with Crippen molar-refractivity contribution in [3.05, 3.63) is 27.2 Å². The van der Waals surface area contributed by atoms with Crippen LogP contribution in [0.2, 0.25) is 15.1 Å². The molecule has 2 aliphatic heterocycles. The molecule has 0 radical (unpaired) electrons. The minimum atomic E-state index is -0.373. The summed E-state index contributed by atoms with van der Waals surface area (Å²) in [6.45, 7) is 0.644. The third kappa shape index (κ3) is 2.16. The Balaban J connectivity index is 2.00. The van der Waals surface area contributed by atoms with E-state index in [1.54, 1.807) is 4.90 Å². The molecule has 0 saturated carbocycles. The van der Waals surface area contributed by atoms with Crippen molar-refractivity contribution in [1.29, 1.82) is 0 Å². The summed E-state index contributed by atoms with van der Waals surface area (Å²) in [4.78, 5) is 27.6. The van der Waals surface area contributed by atoms with Crippen LogP contribution in [0.25, 0.3) is 0 Å². The molecule has 7 heteroatoms. The van der Waals surface area contributed by atoms with Gasteiger partial charge in [-0.1, -0.05) is 34.8 Å². The van der Waals surface area contributed by atoms with Crippen LogP contribution in [0.3, 0.4) is 0 Å². The molecular weight excluding hydrogens is 323 g/mol. The van der Waals surface area contributed by atoms with Crippen molar-refractivity contribution >= 4 is 52.3 Å². The van der Waals surface area contributed by atoms with Crippen molar-refractivity contribution in [3.63, 3.8) is 0 Å². The van der Waals surface area contributed by atoms with E-state index in [0.29, 0.717) is 33.7 Å². The van der Waals surface area contributed by atoms with Gasteiger partial charge in [-0.25, -0.2) is 0 Å². The highest BCUT2D eigenvalue weighted by Crippen LogP contribution is 2.37. The Hall–Kier alpha value is -0.970. The average Bonchev–Trinajstić information content (AvgIpc) is 2.88. The minimum Gasteiger partial charge on any atom is -0.329 e. The highest BCUT2D eigenvalue weighted by atomic mass is 35.5. The number of carbonyl (C=O) groups is 2. The lowest BCUT2D eigenvalue weighted by Gasteiger charge is -2.36. The lowest BCUT2D eigenvalue weighted by atomic mass is 10.1. The van der Waals surface area contributed by atoms with Crippen LogP contribution in [0.4, 0.5) is 5.69 Å². The van der Waals surface area contributed by atoms with Gasteiger partial charge in [-0.3, -0.25) is 14.5 Å². The van der Waals surface area contributed by atoms with E-state index in [9.17, 15) is 9.59 Å². The molecule has 0 N–H and O–H groups in total. The largest absolute Gasteiger partial charge is 0.329 e. The van der Waals surface area contributed by atoms with E-state index in [2.05, 4.69) is 0 Å². The van der Waals surface area contributed by atoms with Crippen LogP contribution in [0, 0.1) is 0 Å². The van der Waals surface area contributed by atoms with Crippen LogP contribution >= 0.6 is 34.8 Å². The molecule has 0 aromatic heterocycles. The molecular formula is C13H11Cl3N2O2. The number of hydrogen-bond acceptors (Lipinski definition) is 2. The molecule has 4 nitrogen and oxygen atoms in total. The lowest BCUT2D eigenvalue weighted by molar-refractivity contribution is -0.140. The summed E-state index contributed by atoms with van der Waals surface area (Å²) in [5.74, 6) is -0.170. The Morgan fingerprint density at radius 1 is 1.05 bits per heavy atom. The molecule has 20 heavy (non-hydrogen) atoms. The molecule has 2 amide bonds. The molecule has 2 fully saturated rings. The van der Waals surface area contributed by atoms with Crippen LogP contribution in [0.5, 0.6) is 0 Å². The van der Waals surface area contributed by atoms with Gasteiger partial charge in [-0.15, -0.1) is 0 Å². The van der Waals surface area contributed by atoms with Gasteiger partial charge in [-0.05, 0) is 25.0 Å². The molecule has 1 aromatic rings. The molecule has 3 rings (SSSR count). The minimum absolute atomic E-state index is 0.00693. The van der Waals surface area contributed by atoms with Crippen molar-refractivity contribution < 1.29 is 9.59 Å². The van der Waals surface area contributed by atoms with Crippen molar-refractivity contribution in [2.45, 2.75) is 18.9 Å². The normalized spacial score (nSPS) is 22.4. The van der Waals surface area contributed by atoms with Gasteiger partial charge in [0, 0.05) is 6.54 Å². The fourth-order valence-electron chi connectivity index (χ4n) is 2.73. The molecule has 2 heterocycles. The first-order valence-electron chi connectivity index (χ1n) is 6.24. The number of anilines is 1. The second kappa shape index (κ2) is 5.10. The Bertz CT molecular complexity index is 606. The number of fused-ring (bicyclic) bond motifs is 1. The number of piperazine rings is 1. The maximum atomic E-state index is 12.5. The zero-order valence-corrected chi connectivity index (χ0v) is 12.7. The predicted octanol–water partition coefficient (Wildman–Crippen LogP) is 2.98. The van der Waals surface area contributed by atoms with Crippen LogP contribution in [0.1, 0.15) is 12.8 Å². The highest BCUT2D eigenvalue weighted by Gasteiger charge is 2.42. The van der Waals surface area contributed by atoms with Gasteiger partial charge in [0.1, 0.15) is 12.6 Å². The van der Waals surface area contributed by atoms with Gasteiger partial charge < -0.3 is 4.90 Å². The van der Waals surface area contributed by atoms with E-state index < -0.39 is 0 Å². The molecule has 1 aromatic carbocycles. The summed E-state index contributed by atoms with van der Waals surface area (Å²) in [6.07, 6.45) is 1.55. The monoisotopic (exact) mass is 332 g/mol. The molecule has 2 saturated heterocycles. The van der Waals surface area contributed by atoms with E-state index >= 15 is 0 Å². The molecule has 0 bridgehead atoms. The lowest BCUT2D eigenvalue weighted by Crippen LogP contribution is -2.57. The second-order valence-electron chi connectivity index (χ2n) is 4.89. The van der Waals surface area contributed by atoms with E-state index in [1.165, 1.54) is 17.0 Å². The summed E-state index contributed by atoms with van der Waals surface area (Å²) in [5.41, 5.74) is 0.436. The van der Waals surface area contributed by atoms with Crippen LogP contribution in [-0.2, 0) is 9.59 Å². The van der Waals surface area contributed by atoms with E-state index in [0.717, 1.165) is 6.42 Å². The first-order chi connectivity index (χ1) is 9.49. The number of rotatable bonds is 1. The van der Waals surface area contributed by atoms with Gasteiger partial charge in [0.05, 0.1) is 20.8 Å². The highest BCUT2D eigenvalue weighted by molar-refractivity contribution is 6.44. The van der Waals surface area contributed by atoms with Crippen LogP contribution < -0.4 is 4.90 Å². The van der Waals surface area contributed by atoms with Gasteiger partial charge >= 0.3 is 0 Å². The number of carbonyl (C=O) groups excluding carboxylic acids is 2. The topological polar surface area (TPSA) is 40.6 Å². The summed E-state index contributed by atoms with van der Waals surface area (Å²) in [6, 6.07) is 2.64. The van der Waals surface area contributed by atoms with E-state index in [4.69, 9.17) is 34.8 Å². The van der Waals surface area contributed by atoms with Gasteiger partial charge in [0.15, 0.2) is 0 Å². The zero-order chi connectivity index (χ0) is 14.4. The van der Waals surface area contributed by atoms with Crippen molar-refractivity contribution in [3.8, 4) is 0 Å². The second-order valence-corrected chi connectivity index (χ2v) is 6.11. The number of hydrogen-bond donors (Lipinski definition) is 0. The molecule has 1 atom stereocenters.